The number of ether oxygens (including phenoxy) is 2. The first-order valence-corrected chi connectivity index (χ1v) is 7.63. The number of methoxy groups -OCH3 is 2. The van der Waals surface area contributed by atoms with Crippen LogP contribution in [-0.2, 0) is 19.7 Å². The normalized spacial score (nSPS) is 22.0. The van der Waals surface area contributed by atoms with Crippen LogP contribution < -0.4 is 0 Å². The molecule has 0 radical (unpaired) electrons. The van der Waals surface area contributed by atoms with Crippen LogP contribution in [0.15, 0.2) is 72.8 Å². The second-order valence-electron chi connectivity index (χ2n) is 5.68. The summed E-state index contributed by atoms with van der Waals surface area (Å²) in [6.07, 6.45) is 4.50. The Bertz CT molecular complexity index is 667. The SMILES string of the molecule is COC(=O)C1(OC)C=CCC1(c1ccccc1)c1ccccc1. The molecule has 2 aromatic rings. The van der Waals surface area contributed by atoms with Crippen LogP contribution in [0.5, 0.6) is 0 Å². The lowest BCUT2D eigenvalue weighted by Crippen LogP contribution is -2.56. The molecular formula is C20H20O3. The molecule has 0 heterocycles. The summed E-state index contributed by atoms with van der Waals surface area (Å²) in [5, 5.41) is 0. The molecule has 3 nitrogen and oxygen atoms in total. The van der Waals surface area contributed by atoms with Crippen LogP contribution in [0.4, 0.5) is 0 Å². The number of esters is 1. The Hall–Kier alpha value is -2.39. The standard InChI is InChI=1S/C20H20O3/c1-22-18(21)20(23-2)15-9-14-19(20,16-10-5-3-6-11-16)17-12-7-4-8-13-17/h3-13,15H,14H2,1-2H3. The van der Waals surface area contributed by atoms with Crippen molar-refractivity contribution in [2.24, 2.45) is 0 Å². The molecule has 118 valence electrons. The van der Waals surface area contributed by atoms with Crippen molar-refractivity contribution in [3.05, 3.63) is 83.9 Å². The Labute approximate surface area is 136 Å². The fraction of sp³-hybridized carbons (Fsp3) is 0.250. The summed E-state index contributed by atoms with van der Waals surface area (Å²) < 4.78 is 10.9. The molecule has 1 unspecified atom stereocenters. The van der Waals surface area contributed by atoms with E-state index in [0.29, 0.717) is 6.42 Å². The smallest absolute Gasteiger partial charge is 0.343 e. The predicted molar refractivity (Wildman–Crippen MR) is 89.2 cm³/mol. The molecule has 1 aliphatic rings. The van der Waals surface area contributed by atoms with E-state index >= 15 is 0 Å². The van der Waals surface area contributed by atoms with E-state index in [1.54, 1.807) is 7.11 Å². The summed E-state index contributed by atoms with van der Waals surface area (Å²) in [5.74, 6) is -0.388. The second kappa shape index (κ2) is 6.01. The maximum absolute atomic E-state index is 12.7. The molecule has 0 bridgehead atoms. The number of carbonyl (C=O) groups excluding carboxylic acids is 1. The number of allylic oxidation sites excluding steroid dienone is 1. The van der Waals surface area contributed by atoms with Crippen LogP contribution in [-0.4, -0.2) is 25.8 Å². The average molecular weight is 308 g/mol. The van der Waals surface area contributed by atoms with E-state index in [1.807, 2.05) is 72.8 Å². The summed E-state index contributed by atoms with van der Waals surface area (Å²) in [5.41, 5.74) is 0.244. The highest BCUT2D eigenvalue weighted by atomic mass is 16.6. The number of rotatable bonds is 4. The summed E-state index contributed by atoms with van der Waals surface area (Å²) in [7, 11) is 2.96. The van der Waals surface area contributed by atoms with E-state index in [9.17, 15) is 4.79 Å². The van der Waals surface area contributed by atoms with E-state index in [-0.39, 0.29) is 5.97 Å². The van der Waals surface area contributed by atoms with E-state index in [0.717, 1.165) is 11.1 Å². The number of benzene rings is 2. The van der Waals surface area contributed by atoms with Gasteiger partial charge in [-0.15, -0.1) is 0 Å². The maximum Gasteiger partial charge on any atom is 0.343 e. The van der Waals surface area contributed by atoms with Crippen molar-refractivity contribution in [2.75, 3.05) is 14.2 Å². The van der Waals surface area contributed by atoms with Gasteiger partial charge in [0.1, 0.15) is 0 Å². The minimum Gasteiger partial charge on any atom is -0.467 e. The molecular weight excluding hydrogens is 288 g/mol. The zero-order chi connectivity index (χ0) is 16.3. The Kier molecular flexibility index (Phi) is 4.05. The number of hydrogen-bond acceptors (Lipinski definition) is 3. The van der Waals surface area contributed by atoms with E-state index < -0.39 is 11.0 Å². The van der Waals surface area contributed by atoms with Crippen LogP contribution in [0, 0.1) is 0 Å². The third kappa shape index (κ3) is 2.12. The third-order valence-electron chi connectivity index (χ3n) is 4.75. The van der Waals surface area contributed by atoms with Gasteiger partial charge in [0.05, 0.1) is 12.5 Å². The molecule has 0 fully saturated rings. The first kappa shape index (κ1) is 15.5. The second-order valence-corrected chi connectivity index (χ2v) is 5.68. The van der Waals surface area contributed by atoms with Gasteiger partial charge in [-0.3, -0.25) is 0 Å². The molecule has 0 aliphatic heterocycles. The van der Waals surface area contributed by atoms with E-state index in [2.05, 4.69) is 0 Å². The van der Waals surface area contributed by atoms with Crippen molar-refractivity contribution in [1.82, 2.24) is 0 Å². The van der Waals surface area contributed by atoms with E-state index in [4.69, 9.17) is 9.47 Å². The molecule has 2 aromatic carbocycles. The molecule has 0 aromatic heterocycles. The van der Waals surface area contributed by atoms with Gasteiger partial charge >= 0.3 is 5.97 Å². The van der Waals surface area contributed by atoms with Crippen LogP contribution in [0.25, 0.3) is 0 Å². The third-order valence-corrected chi connectivity index (χ3v) is 4.75. The molecule has 1 atom stereocenters. The Balaban J connectivity index is 2.31. The molecule has 23 heavy (non-hydrogen) atoms. The van der Waals surface area contributed by atoms with Gasteiger partial charge in [-0.1, -0.05) is 66.7 Å². The topological polar surface area (TPSA) is 35.5 Å². The summed E-state index contributed by atoms with van der Waals surface area (Å²) in [4.78, 5) is 12.7. The molecule has 3 heteroatoms. The lowest BCUT2D eigenvalue weighted by Gasteiger charge is -2.43. The lowest BCUT2D eigenvalue weighted by atomic mass is 9.64. The fourth-order valence-corrected chi connectivity index (χ4v) is 3.69. The molecule has 0 saturated carbocycles. The highest BCUT2D eigenvalue weighted by Crippen LogP contribution is 2.51. The van der Waals surface area contributed by atoms with Crippen molar-refractivity contribution in [3.63, 3.8) is 0 Å². The van der Waals surface area contributed by atoms with Crippen molar-refractivity contribution >= 4 is 5.97 Å². The van der Waals surface area contributed by atoms with Crippen molar-refractivity contribution < 1.29 is 14.3 Å². The Morgan fingerprint density at radius 2 is 1.43 bits per heavy atom. The van der Waals surface area contributed by atoms with E-state index in [1.165, 1.54) is 7.11 Å². The van der Waals surface area contributed by atoms with Gasteiger partial charge in [0.15, 0.2) is 5.60 Å². The van der Waals surface area contributed by atoms with Crippen LogP contribution >= 0.6 is 0 Å². The highest BCUT2D eigenvalue weighted by molar-refractivity contribution is 5.87. The van der Waals surface area contributed by atoms with Gasteiger partial charge in [0.2, 0.25) is 0 Å². The highest BCUT2D eigenvalue weighted by Gasteiger charge is 2.60. The number of hydrogen-bond donors (Lipinski definition) is 0. The maximum atomic E-state index is 12.7. The van der Waals surface area contributed by atoms with Gasteiger partial charge < -0.3 is 9.47 Å². The van der Waals surface area contributed by atoms with Crippen molar-refractivity contribution in [2.45, 2.75) is 17.4 Å². The molecule has 0 amide bonds. The van der Waals surface area contributed by atoms with Gasteiger partial charge in [-0.2, -0.15) is 0 Å². The minimum absolute atomic E-state index is 0.388. The zero-order valence-corrected chi connectivity index (χ0v) is 13.4. The van der Waals surface area contributed by atoms with Crippen LogP contribution in [0.1, 0.15) is 17.5 Å². The fourth-order valence-electron chi connectivity index (χ4n) is 3.69. The molecule has 0 N–H and O–H groups in total. The molecule has 0 saturated heterocycles. The monoisotopic (exact) mass is 308 g/mol. The lowest BCUT2D eigenvalue weighted by molar-refractivity contribution is -0.165. The van der Waals surface area contributed by atoms with Crippen LogP contribution in [0.3, 0.4) is 0 Å². The summed E-state index contributed by atoms with van der Waals surface area (Å²) >= 11 is 0. The average Bonchev–Trinajstić information content (AvgIpc) is 3.04. The minimum atomic E-state index is -1.18. The largest absolute Gasteiger partial charge is 0.467 e. The summed E-state index contributed by atoms with van der Waals surface area (Å²) in [6.45, 7) is 0. The number of carbonyl (C=O) groups is 1. The molecule has 3 rings (SSSR count). The molecule has 0 spiro atoms. The van der Waals surface area contributed by atoms with Gasteiger partial charge in [-0.25, -0.2) is 4.79 Å². The van der Waals surface area contributed by atoms with Gasteiger partial charge in [0.25, 0.3) is 0 Å². The quantitative estimate of drug-likeness (QED) is 0.640. The van der Waals surface area contributed by atoms with Crippen molar-refractivity contribution in [1.29, 1.82) is 0 Å². The van der Waals surface area contributed by atoms with Crippen molar-refractivity contribution in [3.8, 4) is 0 Å². The Morgan fingerprint density at radius 1 is 0.913 bits per heavy atom. The first-order chi connectivity index (χ1) is 11.2. The zero-order valence-electron chi connectivity index (χ0n) is 13.4. The van der Waals surface area contributed by atoms with Crippen LogP contribution in [0.2, 0.25) is 0 Å². The molecule has 1 aliphatic carbocycles. The van der Waals surface area contributed by atoms with Gasteiger partial charge in [0, 0.05) is 7.11 Å². The summed E-state index contributed by atoms with van der Waals surface area (Å²) in [6, 6.07) is 20.0. The first-order valence-electron chi connectivity index (χ1n) is 7.63. The predicted octanol–water partition coefficient (Wildman–Crippen LogP) is 3.49. The Morgan fingerprint density at radius 3 is 1.87 bits per heavy atom. The van der Waals surface area contributed by atoms with Gasteiger partial charge in [-0.05, 0) is 23.6 Å².